The minimum Gasteiger partial charge on any atom is -0.439 e. The molecule has 0 aromatic heterocycles. The summed E-state index contributed by atoms with van der Waals surface area (Å²) in [7, 11) is 0. The molecule has 0 radical (unpaired) electrons. The zero-order chi connectivity index (χ0) is 11.5. The van der Waals surface area contributed by atoms with Gasteiger partial charge in [-0.1, -0.05) is 30.3 Å². The van der Waals surface area contributed by atoms with Crippen molar-refractivity contribution in [2.75, 3.05) is 13.1 Å². The molecule has 1 atom stereocenters. The van der Waals surface area contributed by atoms with E-state index < -0.39 is 6.09 Å². The fourth-order valence-electron chi connectivity index (χ4n) is 1.75. The number of nitrogens with zero attached hydrogens (tertiary/aromatic N) is 1. The number of benzene rings is 1. The van der Waals surface area contributed by atoms with E-state index >= 15 is 0 Å². The summed E-state index contributed by atoms with van der Waals surface area (Å²) >= 11 is 0. The topological polar surface area (TPSA) is 46.6 Å². The third kappa shape index (κ3) is 2.21. The second kappa shape index (κ2) is 4.35. The molecule has 1 aliphatic heterocycles. The Hall–Kier alpha value is -1.84. The Labute approximate surface area is 93.8 Å². The molecule has 4 heteroatoms. The zero-order valence-corrected chi connectivity index (χ0v) is 9.05. The summed E-state index contributed by atoms with van der Waals surface area (Å²) in [5.74, 6) is -0.0364. The Balaban J connectivity index is 2.07. The number of cyclic esters (lactones) is 1. The first kappa shape index (κ1) is 10.7. The molecule has 1 heterocycles. The van der Waals surface area contributed by atoms with Gasteiger partial charge in [0.05, 0.1) is 13.1 Å². The number of carbonyl (C=O) groups excluding carboxylic acids is 2. The lowest BCUT2D eigenvalue weighted by molar-refractivity contribution is -0.117. The molecule has 84 valence electrons. The molecule has 0 bridgehead atoms. The van der Waals surface area contributed by atoms with Crippen molar-refractivity contribution in [3.8, 4) is 0 Å². The van der Waals surface area contributed by atoms with Crippen molar-refractivity contribution in [1.82, 2.24) is 4.90 Å². The van der Waals surface area contributed by atoms with Crippen LogP contribution in [0.3, 0.4) is 0 Å². The minimum absolute atomic E-state index is 0.0364. The third-order valence-corrected chi connectivity index (χ3v) is 2.47. The van der Waals surface area contributed by atoms with Gasteiger partial charge in [0.15, 0.2) is 0 Å². The normalized spacial score (nSPS) is 19.7. The van der Waals surface area contributed by atoms with E-state index in [2.05, 4.69) is 0 Å². The zero-order valence-electron chi connectivity index (χ0n) is 9.05. The number of hydrogen-bond donors (Lipinski definition) is 0. The highest BCUT2D eigenvalue weighted by Gasteiger charge is 2.32. The maximum Gasteiger partial charge on any atom is 0.410 e. The Morgan fingerprint density at radius 2 is 2.12 bits per heavy atom. The third-order valence-electron chi connectivity index (χ3n) is 2.47. The van der Waals surface area contributed by atoms with Gasteiger partial charge in [-0.25, -0.2) is 4.79 Å². The summed E-state index contributed by atoms with van der Waals surface area (Å²) in [6, 6.07) is 9.53. The number of Topliss-reactive ketones (excluding diaryl/α,β-unsaturated/α-hetero) is 1. The molecular weight excluding hydrogens is 206 g/mol. The van der Waals surface area contributed by atoms with Crippen molar-refractivity contribution >= 4 is 11.9 Å². The molecule has 0 aliphatic carbocycles. The summed E-state index contributed by atoms with van der Waals surface area (Å²) in [6.45, 7) is 2.04. The molecule has 1 aromatic rings. The largest absolute Gasteiger partial charge is 0.439 e. The van der Waals surface area contributed by atoms with Crippen molar-refractivity contribution in [2.45, 2.75) is 13.0 Å². The molecule has 16 heavy (non-hydrogen) atoms. The lowest BCUT2D eigenvalue weighted by atomic mass is 10.1. The molecule has 1 saturated heterocycles. The van der Waals surface area contributed by atoms with E-state index in [9.17, 15) is 9.59 Å². The molecule has 4 nitrogen and oxygen atoms in total. The molecule has 1 aliphatic rings. The first-order chi connectivity index (χ1) is 7.66. The quantitative estimate of drug-likeness (QED) is 0.778. The summed E-state index contributed by atoms with van der Waals surface area (Å²) in [5.41, 5.74) is 0.960. The van der Waals surface area contributed by atoms with Crippen LogP contribution in [0.5, 0.6) is 0 Å². The van der Waals surface area contributed by atoms with Crippen LogP contribution in [0.1, 0.15) is 18.6 Å². The van der Waals surface area contributed by atoms with Gasteiger partial charge in [0.25, 0.3) is 0 Å². The summed E-state index contributed by atoms with van der Waals surface area (Å²) in [4.78, 5) is 23.8. The van der Waals surface area contributed by atoms with Crippen LogP contribution in [0.15, 0.2) is 30.3 Å². The molecular formula is C12H13NO3. The van der Waals surface area contributed by atoms with Gasteiger partial charge < -0.3 is 4.74 Å². The Morgan fingerprint density at radius 1 is 1.44 bits per heavy atom. The van der Waals surface area contributed by atoms with E-state index in [0.29, 0.717) is 6.54 Å². The van der Waals surface area contributed by atoms with Crippen molar-refractivity contribution in [1.29, 1.82) is 0 Å². The van der Waals surface area contributed by atoms with Gasteiger partial charge in [0.2, 0.25) is 0 Å². The molecule has 1 aromatic carbocycles. The van der Waals surface area contributed by atoms with E-state index in [-0.39, 0.29) is 18.4 Å². The highest BCUT2D eigenvalue weighted by atomic mass is 16.6. The molecule has 0 spiro atoms. The van der Waals surface area contributed by atoms with E-state index in [1.165, 1.54) is 11.8 Å². The second-order valence-corrected chi connectivity index (χ2v) is 3.87. The molecule has 0 N–H and O–H groups in total. The predicted molar refractivity (Wildman–Crippen MR) is 57.9 cm³/mol. The average Bonchev–Trinajstić information content (AvgIpc) is 2.61. The van der Waals surface area contributed by atoms with E-state index in [4.69, 9.17) is 4.74 Å². The van der Waals surface area contributed by atoms with Crippen LogP contribution in [0.25, 0.3) is 0 Å². The number of ether oxygens (including phenoxy) is 1. The minimum atomic E-state index is -0.413. The molecule has 1 fully saturated rings. The summed E-state index contributed by atoms with van der Waals surface area (Å²) in [5, 5.41) is 0. The van der Waals surface area contributed by atoms with E-state index in [0.717, 1.165) is 5.56 Å². The maximum atomic E-state index is 11.4. The standard InChI is InChI=1S/C12H13NO3/c1-9(14)7-13-8-11(16-12(13)15)10-5-3-2-4-6-10/h2-6,11H,7-8H2,1H3. The molecule has 1 unspecified atom stereocenters. The van der Waals surface area contributed by atoms with Crippen LogP contribution in [0, 0.1) is 0 Å². The van der Waals surface area contributed by atoms with Gasteiger partial charge in [-0.2, -0.15) is 0 Å². The van der Waals surface area contributed by atoms with Gasteiger partial charge in [0.1, 0.15) is 11.9 Å². The number of hydrogen-bond acceptors (Lipinski definition) is 3. The van der Waals surface area contributed by atoms with Gasteiger partial charge in [-0.3, -0.25) is 9.69 Å². The van der Waals surface area contributed by atoms with Crippen LogP contribution in [0.4, 0.5) is 4.79 Å². The highest BCUT2D eigenvalue weighted by Crippen LogP contribution is 2.25. The first-order valence-corrected chi connectivity index (χ1v) is 5.17. The van der Waals surface area contributed by atoms with Crippen LogP contribution in [-0.2, 0) is 9.53 Å². The second-order valence-electron chi connectivity index (χ2n) is 3.87. The number of carbonyl (C=O) groups is 2. The summed E-state index contributed by atoms with van der Waals surface area (Å²) in [6.07, 6.45) is -0.669. The van der Waals surface area contributed by atoms with Crippen molar-refractivity contribution < 1.29 is 14.3 Å². The van der Waals surface area contributed by atoms with E-state index in [1.54, 1.807) is 0 Å². The fourth-order valence-corrected chi connectivity index (χ4v) is 1.75. The first-order valence-electron chi connectivity index (χ1n) is 5.17. The molecule has 1 amide bonds. The fraction of sp³-hybridized carbons (Fsp3) is 0.333. The van der Waals surface area contributed by atoms with Crippen LogP contribution < -0.4 is 0 Å². The van der Waals surface area contributed by atoms with Gasteiger partial charge >= 0.3 is 6.09 Å². The van der Waals surface area contributed by atoms with Gasteiger partial charge in [-0.05, 0) is 12.5 Å². The van der Waals surface area contributed by atoms with Crippen LogP contribution in [-0.4, -0.2) is 29.9 Å². The van der Waals surface area contributed by atoms with E-state index in [1.807, 2.05) is 30.3 Å². The number of amides is 1. The molecule has 2 rings (SSSR count). The summed E-state index contributed by atoms with van der Waals surface area (Å²) < 4.78 is 5.20. The molecule has 0 saturated carbocycles. The van der Waals surface area contributed by atoms with Crippen LogP contribution >= 0.6 is 0 Å². The Kier molecular flexibility index (Phi) is 2.90. The number of ketones is 1. The predicted octanol–water partition coefficient (Wildman–Crippen LogP) is 1.77. The van der Waals surface area contributed by atoms with Crippen molar-refractivity contribution in [2.24, 2.45) is 0 Å². The highest BCUT2D eigenvalue weighted by molar-refractivity contribution is 5.82. The SMILES string of the molecule is CC(=O)CN1CC(c2ccccc2)OC1=O. The Bertz CT molecular complexity index is 402. The smallest absolute Gasteiger partial charge is 0.410 e. The number of rotatable bonds is 3. The van der Waals surface area contributed by atoms with Crippen molar-refractivity contribution in [3.05, 3.63) is 35.9 Å². The van der Waals surface area contributed by atoms with Gasteiger partial charge in [-0.15, -0.1) is 0 Å². The monoisotopic (exact) mass is 219 g/mol. The lowest BCUT2D eigenvalue weighted by Gasteiger charge is -2.09. The maximum absolute atomic E-state index is 11.4. The van der Waals surface area contributed by atoms with Crippen molar-refractivity contribution in [3.63, 3.8) is 0 Å². The Morgan fingerprint density at radius 3 is 2.75 bits per heavy atom. The average molecular weight is 219 g/mol. The van der Waals surface area contributed by atoms with Gasteiger partial charge in [0, 0.05) is 0 Å². The lowest BCUT2D eigenvalue weighted by Crippen LogP contribution is -2.29. The van der Waals surface area contributed by atoms with Crippen LogP contribution in [0.2, 0.25) is 0 Å².